The summed E-state index contributed by atoms with van der Waals surface area (Å²) in [6, 6.07) is 8.28. The van der Waals surface area contributed by atoms with Gasteiger partial charge in [0, 0.05) is 38.8 Å². The average molecular weight is 230 g/mol. The van der Waals surface area contributed by atoms with Gasteiger partial charge in [-0.2, -0.15) is 5.10 Å². The summed E-state index contributed by atoms with van der Waals surface area (Å²) in [5.74, 6) is 1.81. The monoisotopic (exact) mass is 230 g/mol. The van der Waals surface area contributed by atoms with Crippen molar-refractivity contribution in [3.63, 3.8) is 0 Å². The highest BCUT2D eigenvalue weighted by Gasteiger charge is 2.07. The predicted octanol–water partition coefficient (Wildman–Crippen LogP) is 2.11. The van der Waals surface area contributed by atoms with Gasteiger partial charge in [0.25, 0.3) is 0 Å². The third kappa shape index (κ3) is 2.30. The minimum Gasteiger partial charge on any atom is -0.378 e. The highest BCUT2D eigenvalue weighted by Crippen LogP contribution is 2.19. The van der Waals surface area contributed by atoms with Crippen LogP contribution in [-0.4, -0.2) is 28.9 Å². The van der Waals surface area contributed by atoms with Gasteiger partial charge in [-0.3, -0.25) is 4.68 Å². The molecule has 0 atom stereocenters. The normalized spacial score (nSPS) is 10.6. The molecule has 1 aromatic carbocycles. The first kappa shape index (κ1) is 11.6. The molecule has 17 heavy (non-hydrogen) atoms. The quantitative estimate of drug-likeness (QED) is 0.810. The second kappa shape index (κ2) is 4.57. The van der Waals surface area contributed by atoms with E-state index in [2.05, 4.69) is 46.2 Å². The van der Waals surface area contributed by atoms with E-state index in [1.165, 1.54) is 5.69 Å². The van der Waals surface area contributed by atoms with Gasteiger partial charge >= 0.3 is 0 Å². The largest absolute Gasteiger partial charge is 0.378 e. The van der Waals surface area contributed by atoms with E-state index in [0.29, 0.717) is 0 Å². The highest BCUT2D eigenvalue weighted by molar-refractivity contribution is 5.59. The highest BCUT2D eigenvalue weighted by atomic mass is 15.3. The number of aryl methyl sites for hydroxylation is 2. The molecule has 0 amide bonds. The van der Waals surface area contributed by atoms with Crippen molar-refractivity contribution >= 4 is 5.69 Å². The summed E-state index contributed by atoms with van der Waals surface area (Å²) in [5, 5.41) is 4.42. The van der Waals surface area contributed by atoms with Gasteiger partial charge in [-0.05, 0) is 24.3 Å². The molecule has 0 saturated carbocycles. The Labute approximate surface area is 102 Å². The summed E-state index contributed by atoms with van der Waals surface area (Å²) in [4.78, 5) is 6.59. The van der Waals surface area contributed by atoms with Gasteiger partial charge in [0.15, 0.2) is 5.82 Å². The average Bonchev–Trinajstić information content (AvgIpc) is 2.70. The zero-order valence-electron chi connectivity index (χ0n) is 10.8. The summed E-state index contributed by atoms with van der Waals surface area (Å²) >= 11 is 0. The number of nitrogens with zero attached hydrogens (tertiary/aromatic N) is 4. The van der Waals surface area contributed by atoms with Crippen molar-refractivity contribution in [2.45, 2.75) is 13.3 Å². The Morgan fingerprint density at radius 1 is 1.18 bits per heavy atom. The van der Waals surface area contributed by atoms with E-state index in [9.17, 15) is 0 Å². The number of hydrogen-bond donors (Lipinski definition) is 0. The third-order valence-electron chi connectivity index (χ3n) is 2.81. The van der Waals surface area contributed by atoms with Crippen LogP contribution in [0.15, 0.2) is 24.3 Å². The van der Waals surface area contributed by atoms with Crippen LogP contribution in [0.25, 0.3) is 11.4 Å². The third-order valence-corrected chi connectivity index (χ3v) is 2.81. The van der Waals surface area contributed by atoms with Gasteiger partial charge in [-0.15, -0.1) is 0 Å². The van der Waals surface area contributed by atoms with E-state index < -0.39 is 0 Å². The predicted molar refractivity (Wildman–Crippen MR) is 70.1 cm³/mol. The van der Waals surface area contributed by atoms with Crippen molar-refractivity contribution in [3.8, 4) is 11.4 Å². The van der Waals surface area contributed by atoms with Gasteiger partial charge < -0.3 is 4.90 Å². The smallest absolute Gasteiger partial charge is 0.181 e. The molecule has 1 aromatic heterocycles. The Kier molecular flexibility index (Phi) is 3.13. The van der Waals surface area contributed by atoms with Gasteiger partial charge in [0.1, 0.15) is 5.82 Å². The second-order valence-electron chi connectivity index (χ2n) is 4.27. The van der Waals surface area contributed by atoms with Crippen LogP contribution in [0, 0.1) is 0 Å². The van der Waals surface area contributed by atoms with Crippen molar-refractivity contribution in [1.29, 1.82) is 0 Å². The molecule has 0 saturated heterocycles. The molecule has 0 N–H and O–H groups in total. The maximum atomic E-state index is 4.51. The molecule has 0 aliphatic rings. The molecule has 0 fully saturated rings. The Morgan fingerprint density at radius 3 is 2.29 bits per heavy atom. The minimum atomic E-state index is 0.801. The van der Waals surface area contributed by atoms with Crippen molar-refractivity contribution in [2.24, 2.45) is 7.05 Å². The van der Waals surface area contributed by atoms with Crippen molar-refractivity contribution in [2.75, 3.05) is 19.0 Å². The topological polar surface area (TPSA) is 34.0 Å². The van der Waals surface area contributed by atoms with Crippen LogP contribution >= 0.6 is 0 Å². The maximum absolute atomic E-state index is 4.51. The van der Waals surface area contributed by atoms with Gasteiger partial charge in [-0.25, -0.2) is 4.98 Å². The molecule has 2 rings (SSSR count). The number of aromatic nitrogens is 3. The Bertz CT molecular complexity index is 497. The molecule has 0 radical (unpaired) electrons. The SMILES string of the molecule is CCc1nc(-c2ccc(N(C)C)cc2)nn1C. The lowest BCUT2D eigenvalue weighted by molar-refractivity contribution is 0.710. The van der Waals surface area contributed by atoms with Crippen LogP contribution < -0.4 is 4.90 Å². The van der Waals surface area contributed by atoms with Crippen LogP contribution in [-0.2, 0) is 13.5 Å². The first-order valence-electron chi connectivity index (χ1n) is 5.79. The molecule has 90 valence electrons. The van der Waals surface area contributed by atoms with Gasteiger partial charge in [0.2, 0.25) is 0 Å². The Morgan fingerprint density at radius 2 is 1.82 bits per heavy atom. The van der Waals surface area contributed by atoms with E-state index in [4.69, 9.17) is 0 Å². The lowest BCUT2D eigenvalue weighted by atomic mass is 10.2. The molecule has 0 unspecified atom stereocenters. The van der Waals surface area contributed by atoms with Crippen LogP contribution in [0.5, 0.6) is 0 Å². The van der Waals surface area contributed by atoms with Crippen molar-refractivity contribution < 1.29 is 0 Å². The standard InChI is InChI=1S/C13H18N4/c1-5-12-14-13(15-17(12)4)10-6-8-11(9-7-10)16(2)3/h6-9H,5H2,1-4H3. The first-order chi connectivity index (χ1) is 8.11. The van der Waals surface area contributed by atoms with Crippen LogP contribution in [0.2, 0.25) is 0 Å². The molecule has 0 bridgehead atoms. The summed E-state index contributed by atoms with van der Waals surface area (Å²) in [7, 11) is 6.00. The van der Waals surface area contributed by atoms with Crippen LogP contribution in [0.4, 0.5) is 5.69 Å². The van der Waals surface area contributed by atoms with E-state index >= 15 is 0 Å². The number of rotatable bonds is 3. The van der Waals surface area contributed by atoms with E-state index in [1.54, 1.807) is 0 Å². The fraction of sp³-hybridized carbons (Fsp3) is 0.385. The number of benzene rings is 1. The molecule has 2 aromatic rings. The Balaban J connectivity index is 2.33. The summed E-state index contributed by atoms with van der Waals surface area (Å²) in [6.07, 6.45) is 0.902. The van der Waals surface area contributed by atoms with Gasteiger partial charge in [-0.1, -0.05) is 6.92 Å². The molecule has 0 aliphatic carbocycles. The van der Waals surface area contributed by atoms with E-state index in [-0.39, 0.29) is 0 Å². The lowest BCUT2D eigenvalue weighted by Crippen LogP contribution is -2.07. The second-order valence-corrected chi connectivity index (χ2v) is 4.27. The molecule has 1 heterocycles. The van der Waals surface area contributed by atoms with Crippen LogP contribution in [0.3, 0.4) is 0 Å². The first-order valence-corrected chi connectivity index (χ1v) is 5.79. The van der Waals surface area contributed by atoms with Crippen LogP contribution in [0.1, 0.15) is 12.7 Å². The Hall–Kier alpha value is -1.84. The fourth-order valence-electron chi connectivity index (χ4n) is 1.76. The minimum absolute atomic E-state index is 0.801. The van der Waals surface area contributed by atoms with E-state index in [1.807, 2.05) is 25.8 Å². The zero-order chi connectivity index (χ0) is 12.4. The molecular formula is C13H18N4. The van der Waals surface area contributed by atoms with Crippen molar-refractivity contribution in [1.82, 2.24) is 14.8 Å². The lowest BCUT2D eigenvalue weighted by Gasteiger charge is -2.11. The van der Waals surface area contributed by atoms with Gasteiger partial charge in [0.05, 0.1) is 0 Å². The molecule has 0 aliphatic heterocycles. The summed E-state index contributed by atoms with van der Waals surface area (Å²) < 4.78 is 1.84. The molecule has 4 nitrogen and oxygen atoms in total. The molecule has 4 heteroatoms. The zero-order valence-corrected chi connectivity index (χ0v) is 10.8. The maximum Gasteiger partial charge on any atom is 0.181 e. The molecular weight excluding hydrogens is 212 g/mol. The number of anilines is 1. The van der Waals surface area contributed by atoms with Crippen molar-refractivity contribution in [3.05, 3.63) is 30.1 Å². The van der Waals surface area contributed by atoms with E-state index in [0.717, 1.165) is 23.6 Å². The fourth-order valence-corrected chi connectivity index (χ4v) is 1.76. The number of hydrogen-bond acceptors (Lipinski definition) is 3. The molecule has 0 spiro atoms. The summed E-state index contributed by atoms with van der Waals surface area (Å²) in [6.45, 7) is 2.09. The summed E-state index contributed by atoms with van der Waals surface area (Å²) in [5.41, 5.74) is 2.24.